The fourth-order valence-electron chi connectivity index (χ4n) is 10.3. The second-order valence-corrected chi connectivity index (χ2v) is 21.7. The van der Waals surface area contributed by atoms with Crippen LogP contribution < -0.4 is 14.8 Å². The van der Waals surface area contributed by atoms with Crippen LogP contribution in [0.15, 0.2) is 72.8 Å². The minimum absolute atomic E-state index is 0.193. The van der Waals surface area contributed by atoms with E-state index in [1.165, 1.54) is 87.8 Å². The number of benzene rings is 2. The van der Waals surface area contributed by atoms with E-state index in [-0.39, 0.29) is 10.8 Å². The highest BCUT2D eigenvalue weighted by Crippen LogP contribution is 2.63. The van der Waals surface area contributed by atoms with Gasteiger partial charge in [0.15, 0.2) is 0 Å². The molecule has 55 heavy (non-hydrogen) atoms. The van der Waals surface area contributed by atoms with Crippen LogP contribution in [-0.4, -0.2) is 72.3 Å². The lowest BCUT2D eigenvalue weighted by Crippen LogP contribution is -2.29. The Bertz CT molecular complexity index is 1850. The maximum Gasteiger partial charge on any atom is 0.229 e. The van der Waals surface area contributed by atoms with Gasteiger partial charge in [-0.1, -0.05) is 117 Å². The van der Waals surface area contributed by atoms with Gasteiger partial charge in [0, 0.05) is 47.2 Å². The van der Waals surface area contributed by atoms with Gasteiger partial charge < -0.3 is 5.32 Å². The minimum Gasteiger partial charge on any atom is -0.316 e. The molecule has 0 amide bonds. The number of sulfonamides is 2. The molecule has 2 heterocycles. The molecule has 4 saturated carbocycles. The van der Waals surface area contributed by atoms with Crippen LogP contribution in [0.3, 0.4) is 0 Å². The Morgan fingerprint density at radius 3 is 1.56 bits per heavy atom. The molecule has 6 aliphatic rings. The second kappa shape index (κ2) is 18.2. The molecule has 0 radical (unpaired) electrons. The van der Waals surface area contributed by atoms with Crippen molar-refractivity contribution in [1.82, 2.24) is 10.2 Å². The Hall–Kier alpha value is -2.18. The first kappa shape index (κ1) is 42.4. The van der Waals surface area contributed by atoms with Gasteiger partial charge in [-0.2, -0.15) is 0 Å². The summed E-state index contributed by atoms with van der Waals surface area (Å²) >= 11 is 3.39. The normalized spacial score (nSPS) is 30.9. The van der Waals surface area contributed by atoms with Crippen LogP contribution in [0.4, 0.5) is 11.4 Å². The molecule has 304 valence electrons. The summed E-state index contributed by atoms with van der Waals surface area (Å²) in [5, 5.41) is 4.41. The van der Waals surface area contributed by atoms with Crippen molar-refractivity contribution in [3.8, 4) is 0 Å². The van der Waals surface area contributed by atoms with E-state index < -0.39 is 20.0 Å². The molecule has 4 atom stereocenters. The third-order valence-electron chi connectivity index (χ3n) is 13.6. The lowest BCUT2D eigenvalue weighted by atomic mass is 9.89. The molecule has 2 aromatic rings. The molecular formula is C44H65BrN4O4S2. The van der Waals surface area contributed by atoms with E-state index in [9.17, 15) is 16.8 Å². The van der Waals surface area contributed by atoms with E-state index in [1.54, 1.807) is 6.07 Å². The van der Waals surface area contributed by atoms with E-state index in [2.05, 4.69) is 85.9 Å². The monoisotopic (exact) mass is 856 g/mol. The topological polar surface area (TPSA) is 108 Å². The zero-order valence-corrected chi connectivity index (χ0v) is 36.7. The van der Waals surface area contributed by atoms with Gasteiger partial charge >= 0.3 is 0 Å². The van der Waals surface area contributed by atoms with Gasteiger partial charge in [-0.3, -0.25) is 14.3 Å². The van der Waals surface area contributed by atoms with Gasteiger partial charge in [-0.15, -0.1) is 0 Å². The van der Waals surface area contributed by atoms with Crippen LogP contribution in [0.1, 0.15) is 89.2 Å². The quantitative estimate of drug-likeness (QED) is 0.154. The summed E-state index contributed by atoms with van der Waals surface area (Å²) in [5.74, 6) is 4.48. The highest BCUT2D eigenvalue weighted by Gasteiger charge is 2.65. The van der Waals surface area contributed by atoms with Crippen molar-refractivity contribution in [1.29, 1.82) is 0 Å². The maximum atomic E-state index is 11.5. The molecule has 2 aromatic carbocycles. The number of allylic oxidation sites excluding steroid dienone is 3. The summed E-state index contributed by atoms with van der Waals surface area (Å²) in [6.07, 6.45) is 26.0. The molecule has 8 nitrogen and oxygen atoms in total. The molecule has 11 heteroatoms. The molecule has 4 aliphatic carbocycles. The van der Waals surface area contributed by atoms with Crippen LogP contribution in [0.5, 0.6) is 0 Å². The molecule has 6 fully saturated rings. The number of hydrogen-bond donors (Lipinski definition) is 3. The number of fused-ring (bicyclic) bond motifs is 2. The van der Waals surface area contributed by atoms with Gasteiger partial charge in [0.1, 0.15) is 0 Å². The summed E-state index contributed by atoms with van der Waals surface area (Å²) in [7, 11) is -6.43. The van der Waals surface area contributed by atoms with Crippen molar-refractivity contribution in [2.75, 3.05) is 60.0 Å². The molecule has 3 N–H and O–H groups in total. The molecule has 0 bridgehead atoms. The molecule has 4 unspecified atom stereocenters. The van der Waals surface area contributed by atoms with E-state index >= 15 is 0 Å². The molecule has 8 rings (SSSR count). The van der Waals surface area contributed by atoms with Gasteiger partial charge in [-0.25, -0.2) is 16.8 Å². The maximum absolute atomic E-state index is 11.5. The number of piperidine rings is 2. The summed E-state index contributed by atoms with van der Waals surface area (Å²) in [6.45, 7) is 10.2. The van der Waals surface area contributed by atoms with Crippen LogP contribution in [0.25, 0.3) is 0 Å². The number of rotatable bonds is 11. The summed E-state index contributed by atoms with van der Waals surface area (Å²) in [4.78, 5) is 2.58. The number of alkyl halides is 1. The predicted molar refractivity (Wildman–Crippen MR) is 233 cm³/mol. The Labute approximate surface area is 341 Å². The number of likely N-dealkylation sites (tertiary alicyclic amines) is 1. The highest BCUT2D eigenvalue weighted by atomic mass is 79.9. The SMILES string of the molecule is BrC/C=C/C1CCCCC1.CC1(c2cccc(NS(C)(=O)=O)c2)C2CN(C/C=C/C3CCCCC3)CC21.CC1(c2cccc(NS(C)(=O)=O)c2)C2CNCC21. The molecule has 2 aliphatic heterocycles. The van der Waals surface area contributed by atoms with Crippen LogP contribution in [-0.2, 0) is 30.9 Å². The Kier molecular flexibility index (Phi) is 14.0. The summed E-state index contributed by atoms with van der Waals surface area (Å²) in [6, 6.07) is 15.8. The van der Waals surface area contributed by atoms with Crippen molar-refractivity contribution < 1.29 is 16.8 Å². The molecule has 2 saturated heterocycles. The van der Waals surface area contributed by atoms with Gasteiger partial charge in [0.2, 0.25) is 20.0 Å². The average Bonchev–Trinajstić information content (AvgIpc) is 3.61. The van der Waals surface area contributed by atoms with Crippen LogP contribution >= 0.6 is 15.9 Å². The zero-order chi connectivity index (χ0) is 39.3. The van der Waals surface area contributed by atoms with Gasteiger partial charge in [0.05, 0.1) is 12.5 Å². The first-order valence-corrected chi connectivity index (χ1v) is 25.6. The Morgan fingerprint density at radius 2 is 1.13 bits per heavy atom. The second-order valence-electron chi connectivity index (χ2n) is 17.6. The van der Waals surface area contributed by atoms with Crippen molar-refractivity contribution in [2.45, 2.75) is 88.9 Å². The number of hydrogen-bond acceptors (Lipinski definition) is 6. The predicted octanol–water partition coefficient (Wildman–Crippen LogP) is 8.70. The van der Waals surface area contributed by atoms with E-state index in [4.69, 9.17) is 0 Å². The largest absolute Gasteiger partial charge is 0.316 e. The fourth-order valence-corrected chi connectivity index (χ4v) is 11.7. The first-order valence-electron chi connectivity index (χ1n) is 20.7. The van der Waals surface area contributed by atoms with E-state index in [1.807, 2.05) is 30.3 Å². The van der Waals surface area contributed by atoms with Crippen molar-refractivity contribution >= 4 is 47.4 Å². The summed E-state index contributed by atoms with van der Waals surface area (Å²) in [5.41, 5.74) is 4.26. The zero-order valence-electron chi connectivity index (χ0n) is 33.5. The minimum atomic E-state index is -3.23. The Morgan fingerprint density at radius 1 is 0.691 bits per heavy atom. The standard InChI is InChI=1S/C22H32N2O2S.C13H18N2O2S.C9H15Br/c1-22(18-11-6-12-19(14-18)23-27(2,25)26)20-15-24(16-21(20)22)13-7-10-17-8-4-3-5-9-17;1-13(11-7-14-8-12(11)13)9-4-3-5-10(6-9)15-18(2,16)17;10-8-4-7-9-5-2-1-3-6-9/h6-7,10-12,14,17,20-21,23H,3-5,8-9,13,15-16H2,1-2H3;3-6,11-12,14-15H,7-8H2,1-2H3;4,7,9H,1-3,5-6,8H2/b10-7+;;7-4+. The molecular weight excluding hydrogens is 793 g/mol. The lowest BCUT2D eigenvalue weighted by Gasteiger charge is -2.24. The van der Waals surface area contributed by atoms with E-state index in [0.29, 0.717) is 35.0 Å². The van der Waals surface area contributed by atoms with Crippen LogP contribution in [0, 0.1) is 35.5 Å². The number of nitrogens with zero attached hydrogens (tertiary/aromatic N) is 1. The first-order chi connectivity index (χ1) is 26.2. The lowest BCUT2D eigenvalue weighted by molar-refractivity contribution is 0.303. The van der Waals surface area contributed by atoms with Gasteiger partial charge in [0.25, 0.3) is 0 Å². The number of anilines is 2. The smallest absolute Gasteiger partial charge is 0.229 e. The number of halogens is 1. The molecule has 0 spiro atoms. The fraction of sp³-hybridized carbons (Fsp3) is 0.636. The summed E-state index contributed by atoms with van der Waals surface area (Å²) < 4.78 is 50.7. The van der Waals surface area contributed by atoms with Crippen molar-refractivity contribution in [3.63, 3.8) is 0 Å². The third-order valence-corrected chi connectivity index (χ3v) is 15.2. The number of nitrogens with one attached hydrogen (secondary N) is 3. The van der Waals surface area contributed by atoms with Crippen molar-refractivity contribution in [3.05, 3.63) is 84.0 Å². The van der Waals surface area contributed by atoms with Gasteiger partial charge in [-0.05, 0) is 110 Å². The molecule has 0 aromatic heterocycles. The Balaban J connectivity index is 0.000000157. The average molecular weight is 858 g/mol. The third kappa shape index (κ3) is 11.1. The van der Waals surface area contributed by atoms with Crippen molar-refractivity contribution in [2.24, 2.45) is 35.5 Å². The van der Waals surface area contributed by atoms with Crippen LogP contribution in [0.2, 0.25) is 0 Å². The van der Waals surface area contributed by atoms with E-state index in [0.717, 1.165) is 49.9 Å². The highest BCUT2D eigenvalue weighted by molar-refractivity contribution is 9.09.